The number of carbonyl (C=O) groups is 1. The zero-order chi connectivity index (χ0) is 18.4. The summed E-state index contributed by atoms with van der Waals surface area (Å²) in [5, 5.41) is 14.7. The minimum Gasteiger partial charge on any atom is -0.497 e. The van der Waals surface area contributed by atoms with Crippen molar-refractivity contribution in [1.29, 1.82) is 0 Å². The van der Waals surface area contributed by atoms with Gasteiger partial charge in [-0.3, -0.25) is 4.79 Å². The van der Waals surface area contributed by atoms with E-state index in [1.807, 2.05) is 6.92 Å². The monoisotopic (exact) mass is 356 g/mol. The number of alkyl halides is 3. The number of hydrogen-bond donors (Lipinski definition) is 1. The zero-order valence-corrected chi connectivity index (χ0v) is 13.9. The van der Waals surface area contributed by atoms with Crippen LogP contribution >= 0.6 is 0 Å². The average Bonchev–Trinajstić information content (AvgIpc) is 2.88. The Morgan fingerprint density at radius 1 is 1.36 bits per heavy atom. The SMILES string of the molecule is COc1ccc(C(=O)N2N=C3CC[C@H](C)C[C@@H]3[C@]2(O)C(F)(F)F)cc1. The number of fused-ring (bicyclic) bond motifs is 1. The van der Waals surface area contributed by atoms with Gasteiger partial charge >= 0.3 is 6.18 Å². The van der Waals surface area contributed by atoms with Gasteiger partial charge in [-0.25, -0.2) is 0 Å². The van der Waals surface area contributed by atoms with Crippen LogP contribution in [0.3, 0.4) is 0 Å². The van der Waals surface area contributed by atoms with Gasteiger partial charge in [0.2, 0.25) is 0 Å². The highest BCUT2D eigenvalue weighted by Gasteiger charge is 2.68. The van der Waals surface area contributed by atoms with Gasteiger partial charge in [-0.1, -0.05) is 6.92 Å². The number of methoxy groups -OCH3 is 1. The summed E-state index contributed by atoms with van der Waals surface area (Å²) in [6, 6.07) is 5.64. The fraction of sp³-hybridized carbons (Fsp3) is 0.529. The minimum absolute atomic E-state index is 0.000444. The molecule has 1 aliphatic carbocycles. The van der Waals surface area contributed by atoms with E-state index in [4.69, 9.17) is 4.74 Å². The van der Waals surface area contributed by atoms with Gasteiger partial charge in [0.15, 0.2) is 0 Å². The first-order chi connectivity index (χ1) is 11.7. The molecule has 2 aliphatic rings. The molecule has 0 aromatic heterocycles. The van der Waals surface area contributed by atoms with E-state index in [0.29, 0.717) is 18.6 Å². The van der Waals surface area contributed by atoms with Gasteiger partial charge in [0.05, 0.1) is 13.0 Å². The summed E-state index contributed by atoms with van der Waals surface area (Å²) in [5.41, 5.74) is -3.08. The smallest absolute Gasteiger partial charge is 0.439 e. The molecule has 136 valence electrons. The molecule has 0 radical (unpaired) electrons. The number of ether oxygens (including phenoxy) is 1. The standard InChI is InChI=1S/C17H19F3N2O3/c1-10-3-8-14-13(9-10)16(24,17(18,19)20)22(21-14)15(23)11-4-6-12(25-2)7-5-11/h4-7,10,13,24H,3,8-9H2,1-2H3/t10-,13-,16-/m0/s1. The van der Waals surface area contributed by atoms with E-state index in [1.165, 1.54) is 31.4 Å². The lowest BCUT2D eigenvalue weighted by atomic mass is 9.76. The molecule has 5 nitrogen and oxygen atoms in total. The summed E-state index contributed by atoms with van der Waals surface area (Å²) in [6.45, 7) is 1.83. The number of halogens is 3. The summed E-state index contributed by atoms with van der Waals surface area (Å²) in [5.74, 6) is -1.72. The van der Waals surface area contributed by atoms with Crippen LogP contribution < -0.4 is 4.74 Å². The summed E-state index contributed by atoms with van der Waals surface area (Å²) in [4.78, 5) is 12.7. The Hall–Kier alpha value is -2.09. The highest BCUT2D eigenvalue weighted by atomic mass is 19.4. The lowest BCUT2D eigenvalue weighted by Gasteiger charge is -2.39. The topological polar surface area (TPSA) is 62.1 Å². The number of amides is 1. The van der Waals surface area contributed by atoms with Crippen LogP contribution in [0.25, 0.3) is 0 Å². The number of hydrazone groups is 1. The molecule has 0 saturated heterocycles. The van der Waals surface area contributed by atoms with Crippen LogP contribution in [0.15, 0.2) is 29.4 Å². The van der Waals surface area contributed by atoms with Crippen LogP contribution in [0.4, 0.5) is 13.2 Å². The van der Waals surface area contributed by atoms with Gasteiger partial charge in [0.1, 0.15) is 5.75 Å². The van der Waals surface area contributed by atoms with Crippen molar-refractivity contribution in [2.24, 2.45) is 16.9 Å². The molecule has 0 bridgehead atoms. The van der Waals surface area contributed by atoms with Crippen molar-refractivity contribution in [1.82, 2.24) is 5.01 Å². The molecule has 25 heavy (non-hydrogen) atoms. The Morgan fingerprint density at radius 3 is 2.56 bits per heavy atom. The first-order valence-electron chi connectivity index (χ1n) is 8.03. The maximum absolute atomic E-state index is 13.8. The van der Waals surface area contributed by atoms with Crippen LogP contribution in [0, 0.1) is 11.8 Å². The molecule has 1 aliphatic heterocycles. The highest BCUT2D eigenvalue weighted by Crippen LogP contribution is 2.49. The van der Waals surface area contributed by atoms with Crippen molar-refractivity contribution >= 4 is 11.6 Å². The van der Waals surface area contributed by atoms with E-state index in [9.17, 15) is 23.1 Å². The van der Waals surface area contributed by atoms with Crippen molar-refractivity contribution in [3.8, 4) is 5.75 Å². The number of rotatable bonds is 2. The molecule has 1 aromatic rings. The molecule has 8 heteroatoms. The van der Waals surface area contributed by atoms with Gasteiger partial charge in [0.25, 0.3) is 11.6 Å². The van der Waals surface area contributed by atoms with Crippen LogP contribution in [0.1, 0.15) is 36.5 Å². The van der Waals surface area contributed by atoms with Gasteiger partial charge in [-0.05, 0) is 49.4 Å². The second-order valence-corrected chi connectivity index (χ2v) is 6.59. The Kier molecular flexibility index (Phi) is 4.26. The van der Waals surface area contributed by atoms with E-state index in [2.05, 4.69) is 5.10 Å². The second-order valence-electron chi connectivity index (χ2n) is 6.59. The number of nitrogens with zero attached hydrogens (tertiary/aromatic N) is 2. The van der Waals surface area contributed by atoms with E-state index in [1.54, 1.807) is 0 Å². The quantitative estimate of drug-likeness (QED) is 0.885. The Bertz CT molecular complexity index is 702. The minimum atomic E-state index is -5.01. The highest BCUT2D eigenvalue weighted by molar-refractivity contribution is 5.99. The van der Waals surface area contributed by atoms with Gasteiger partial charge < -0.3 is 9.84 Å². The fourth-order valence-corrected chi connectivity index (χ4v) is 3.47. The van der Waals surface area contributed by atoms with Crippen molar-refractivity contribution in [3.05, 3.63) is 29.8 Å². The molecule has 1 aromatic carbocycles. The lowest BCUT2D eigenvalue weighted by Crippen LogP contribution is -2.61. The third-order valence-electron chi connectivity index (χ3n) is 4.92. The fourth-order valence-electron chi connectivity index (χ4n) is 3.47. The van der Waals surface area contributed by atoms with Crippen molar-refractivity contribution in [2.75, 3.05) is 7.11 Å². The molecule has 0 spiro atoms. The van der Waals surface area contributed by atoms with Gasteiger partial charge in [-0.15, -0.1) is 0 Å². The molecule has 1 N–H and O–H groups in total. The zero-order valence-electron chi connectivity index (χ0n) is 13.9. The first-order valence-corrected chi connectivity index (χ1v) is 8.03. The second kappa shape index (κ2) is 6.01. The van der Waals surface area contributed by atoms with E-state index >= 15 is 0 Å². The molecule has 1 fully saturated rings. The van der Waals surface area contributed by atoms with E-state index < -0.39 is 23.7 Å². The predicted octanol–water partition coefficient (Wildman–Crippen LogP) is 3.19. The molecule has 3 rings (SSSR count). The maximum atomic E-state index is 13.8. The third-order valence-corrected chi connectivity index (χ3v) is 4.92. The van der Waals surface area contributed by atoms with E-state index in [-0.39, 0.29) is 28.6 Å². The lowest BCUT2D eigenvalue weighted by molar-refractivity contribution is -0.313. The van der Waals surface area contributed by atoms with Crippen molar-refractivity contribution in [3.63, 3.8) is 0 Å². The number of carbonyl (C=O) groups excluding carboxylic acids is 1. The van der Waals surface area contributed by atoms with Crippen molar-refractivity contribution in [2.45, 2.75) is 38.1 Å². The molecular formula is C17H19F3N2O3. The molecule has 3 atom stereocenters. The first kappa shape index (κ1) is 17.7. The molecule has 1 saturated carbocycles. The predicted molar refractivity (Wildman–Crippen MR) is 84.1 cm³/mol. The van der Waals surface area contributed by atoms with Crippen molar-refractivity contribution < 1.29 is 27.8 Å². The normalized spacial score (nSPS) is 29.2. The van der Waals surface area contributed by atoms with Crippen LogP contribution in [-0.4, -0.2) is 40.7 Å². The van der Waals surface area contributed by atoms with Gasteiger partial charge in [0, 0.05) is 11.3 Å². The average molecular weight is 356 g/mol. The third kappa shape index (κ3) is 2.78. The maximum Gasteiger partial charge on any atom is 0.439 e. The number of aliphatic hydroxyl groups is 1. The number of hydrogen-bond acceptors (Lipinski definition) is 4. The molecule has 1 amide bonds. The van der Waals surface area contributed by atoms with Crippen LogP contribution in [0.2, 0.25) is 0 Å². The summed E-state index contributed by atoms with van der Waals surface area (Å²) in [7, 11) is 1.44. The molecular weight excluding hydrogens is 337 g/mol. The Labute approximate surface area is 143 Å². The summed E-state index contributed by atoms with van der Waals surface area (Å²) >= 11 is 0. The van der Waals surface area contributed by atoms with Crippen LogP contribution in [-0.2, 0) is 0 Å². The summed E-state index contributed by atoms with van der Waals surface area (Å²) < 4.78 is 46.2. The Morgan fingerprint density at radius 2 is 2.00 bits per heavy atom. The largest absolute Gasteiger partial charge is 0.497 e. The molecule has 1 heterocycles. The number of benzene rings is 1. The van der Waals surface area contributed by atoms with E-state index in [0.717, 1.165) is 0 Å². The Balaban J connectivity index is 2.00. The van der Waals surface area contributed by atoms with Crippen LogP contribution in [0.5, 0.6) is 5.75 Å². The van der Waals surface area contributed by atoms with Gasteiger partial charge in [-0.2, -0.15) is 23.3 Å². The summed E-state index contributed by atoms with van der Waals surface area (Å²) in [6.07, 6.45) is -3.84. The molecule has 0 unspecified atom stereocenters.